The zero-order valence-electron chi connectivity index (χ0n) is 28.9. The molecule has 0 spiro atoms. The van der Waals surface area contributed by atoms with E-state index in [2.05, 4.69) is 114 Å². The van der Waals surface area contributed by atoms with Crippen LogP contribution in [0.5, 0.6) is 23.0 Å². The van der Waals surface area contributed by atoms with E-state index in [0.29, 0.717) is 23.0 Å². The molecule has 49 heavy (non-hydrogen) atoms. The Hall–Kier alpha value is -5.13. The summed E-state index contributed by atoms with van der Waals surface area (Å²) < 4.78 is 39.0. The second-order valence-electron chi connectivity index (χ2n) is 13.7. The van der Waals surface area contributed by atoms with Crippen LogP contribution >= 0.6 is 0 Å². The zero-order chi connectivity index (χ0) is 34.8. The van der Waals surface area contributed by atoms with Crippen molar-refractivity contribution in [3.63, 3.8) is 0 Å². The zero-order valence-corrected chi connectivity index (χ0v) is 29.7. The van der Waals surface area contributed by atoms with Crippen molar-refractivity contribution in [2.75, 3.05) is 0 Å². The molecule has 0 fully saturated rings. The average Bonchev–Trinajstić information content (AvgIpc) is 3.10. The maximum Gasteiger partial charge on any atom is 0.206 e. The Morgan fingerprint density at radius 3 is 0.857 bits per heavy atom. The second kappa shape index (κ2) is 13.4. The second-order valence-corrected chi connectivity index (χ2v) is 15.6. The first-order valence-corrected chi connectivity index (χ1v) is 18.0. The fourth-order valence-electron chi connectivity index (χ4n) is 5.94. The van der Waals surface area contributed by atoms with E-state index in [9.17, 15) is 8.42 Å². The van der Waals surface area contributed by atoms with Crippen LogP contribution in [0.1, 0.15) is 61.1 Å². The standard InChI is InChI=1S/C44H42O4S/c1-31-7-11-33(12-8-31)43(3,4)35-15-19-37(20-16-35)47-39-23-27-41(28-24-39)49(45,46)42-29-25-40(26-30-42)48-38-21-17-36(18-22-38)44(5,6)34-13-9-32(2)10-14-34/h7-30H,1-6H3. The summed E-state index contributed by atoms with van der Waals surface area (Å²) in [5, 5.41) is 0. The van der Waals surface area contributed by atoms with Crippen LogP contribution in [-0.4, -0.2) is 8.42 Å². The van der Waals surface area contributed by atoms with Crippen LogP contribution in [0.3, 0.4) is 0 Å². The lowest BCUT2D eigenvalue weighted by molar-refractivity contribution is 0.481. The fourth-order valence-corrected chi connectivity index (χ4v) is 7.20. The number of hydrogen-bond donors (Lipinski definition) is 0. The summed E-state index contributed by atoms with van der Waals surface area (Å²) in [5.74, 6) is 2.47. The molecular weight excluding hydrogens is 625 g/mol. The van der Waals surface area contributed by atoms with Gasteiger partial charge in [0.15, 0.2) is 0 Å². The smallest absolute Gasteiger partial charge is 0.206 e. The molecule has 0 aliphatic heterocycles. The van der Waals surface area contributed by atoms with Crippen LogP contribution in [0.4, 0.5) is 0 Å². The molecule has 0 aliphatic rings. The van der Waals surface area contributed by atoms with Crippen molar-refractivity contribution in [3.8, 4) is 23.0 Å². The summed E-state index contributed by atoms with van der Waals surface area (Å²) in [6.07, 6.45) is 0. The molecule has 0 bridgehead atoms. The maximum absolute atomic E-state index is 13.4. The molecule has 5 heteroatoms. The molecule has 0 saturated carbocycles. The Morgan fingerprint density at radius 1 is 0.367 bits per heavy atom. The van der Waals surface area contributed by atoms with Gasteiger partial charge in [0.2, 0.25) is 9.84 Å². The van der Waals surface area contributed by atoms with Gasteiger partial charge >= 0.3 is 0 Å². The highest BCUT2D eigenvalue weighted by Gasteiger charge is 2.24. The summed E-state index contributed by atoms with van der Waals surface area (Å²) >= 11 is 0. The lowest BCUT2D eigenvalue weighted by Gasteiger charge is -2.26. The van der Waals surface area contributed by atoms with Crippen molar-refractivity contribution in [2.24, 2.45) is 0 Å². The van der Waals surface area contributed by atoms with Gasteiger partial charge in [-0.3, -0.25) is 0 Å². The molecule has 0 saturated heterocycles. The molecule has 6 rings (SSSR count). The summed E-state index contributed by atoms with van der Waals surface area (Å²) in [6.45, 7) is 13.0. The molecule has 0 N–H and O–H groups in total. The largest absolute Gasteiger partial charge is 0.457 e. The quantitative estimate of drug-likeness (QED) is 0.146. The molecule has 248 valence electrons. The van der Waals surface area contributed by atoms with Crippen LogP contribution in [0.25, 0.3) is 0 Å². The van der Waals surface area contributed by atoms with E-state index in [1.165, 1.54) is 33.4 Å². The van der Waals surface area contributed by atoms with Crippen molar-refractivity contribution >= 4 is 9.84 Å². The molecule has 0 radical (unpaired) electrons. The lowest BCUT2D eigenvalue weighted by Crippen LogP contribution is -2.18. The van der Waals surface area contributed by atoms with Gasteiger partial charge in [-0.25, -0.2) is 8.42 Å². The molecule has 0 aliphatic carbocycles. The molecule has 0 heterocycles. The summed E-state index contributed by atoms with van der Waals surface area (Å²) in [7, 11) is -3.73. The van der Waals surface area contributed by atoms with Crippen molar-refractivity contribution in [3.05, 3.63) is 179 Å². The average molecular weight is 667 g/mol. The first-order valence-electron chi connectivity index (χ1n) is 16.5. The highest BCUT2D eigenvalue weighted by Crippen LogP contribution is 2.35. The Bertz CT molecular complexity index is 1970. The van der Waals surface area contributed by atoms with Gasteiger partial charge in [0.25, 0.3) is 0 Å². The number of benzene rings is 6. The van der Waals surface area contributed by atoms with Crippen molar-refractivity contribution in [1.82, 2.24) is 0 Å². The third kappa shape index (κ3) is 7.33. The van der Waals surface area contributed by atoms with Gasteiger partial charge in [0.05, 0.1) is 9.79 Å². The lowest BCUT2D eigenvalue weighted by atomic mass is 9.78. The first-order chi connectivity index (χ1) is 23.3. The number of rotatable bonds is 10. The highest BCUT2D eigenvalue weighted by atomic mass is 32.2. The highest BCUT2D eigenvalue weighted by molar-refractivity contribution is 7.91. The third-order valence-electron chi connectivity index (χ3n) is 9.44. The molecule has 6 aromatic carbocycles. The predicted octanol–water partition coefficient (Wildman–Crippen LogP) is 11.4. The topological polar surface area (TPSA) is 52.6 Å². The SMILES string of the molecule is Cc1ccc(C(C)(C)c2ccc(Oc3ccc(S(=O)(=O)c4ccc(Oc5ccc(C(C)(C)c6ccc(C)cc6)cc5)cc4)cc3)cc2)cc1. The number of hydrogen-bond acceptors (Lipinski definition) is 4. The van der Waals surface area contributed by atoms with Crippen molar-refractivity contribution in [2.45, 2.75) is 62.2 Å². The molecule has 0 amide bonds. The van der Waals surface area contributed by atoms with Crippen LogP contribution in [0.2, 0.25) is 0 Å². The molecule has 0 unspecified atom stereocenters. The van der Waals surface area contributed by atoms with Gasteiger partial charge in [0.1, 0.15) is 23.0 Å². The van der Waals surface area contributed by atoms with Crippen LogP contribution < -0.4 is 9.47 Å². The molecule has 4 nitrogen and oxygen atoms in total. The van der Waals surface area contributed by atoms with E-state index in [4.69, 9.17) is 9.47 Å². The number of aryl methyl sites for hydroxylation is 2. The minimum atomic E-state index is -3.73. The number of sulfone groups is 1. The van der Waals surface area contributed by atoms with E-state index >= 15 is 0 Å². The molecule has 6 aromatic rings. The fraction of sp³-hybridized carbons (Fsp3) is 0.182. The van der Waals surface area contributed by atoms with E-state index in [0.717, 1.165) is 0 Å². The van der Waals surface area contributed by atoms with E-state index in [-0.39, 0.29) is 20.6 Å². The Balaban J connectivity index is 1.08. The minimum absolute atomic E-state index is 0.155. The Labute approximate surface area is 290 Å². The third-order valence-corrected chi connectivity index (χ3v) is 11.2. The number of ether oxygens (including phenoxy) is 2. The molecule has 0 aromatic heterocycles. The summed E-state index contributed by atoms with van der Waals surface area (Å²) in [5.41, 5.74) is 7.01. The first kappa shape index (κ1) is 33.8. The van der Waals surface area contributed by atoms with Crippen LogP contribution in [-0.2, 0) is 20.7 Å². The summed E-state index contributed by atoms with van der Waals surface area (Å²) in [6, 6.07) is 46.3. The predicted molar refractivity (Wildman–Crippen MR) is 198 cm³/mol. The van der Waals surface area contributed by atoms with E-state index in [1.54, 1.807) is 48.5 Å². The van der Waals surface area contributed by atoms with Gasteiger partial charge in [-0.15, -0.1) is 0 Å². The monoisotopic (exact) mass is 666 g/mol. The van der Waals surface area contributed by atoms with Gasteiger partial charge in [-0.1, -0.05) is 112 Å². The Kier molecular flexibility index (Phi) is 9.24. The van der Waals surface area contributed by atoms with Gasteiger partial charge in [0, 0.05) is 10.8 Å². The van der Waals surface area contributed by atoms with Gasteiger partial charge in [-0.05, 0) is 109 Å². The van der Waals surface area contributed by atoms with Crippen LogP contribution in [0, 0.1) is 13.8 Å². The minimum Gasteiger partial charge on any atom is -0.457 e. The molecule has 0 atom stereocenters. The van der Waals surface area contributed by atoms with Crippen LogP contribution in [0.15, 0.2) is 155 Å². The maximum atomic E-state index is 13.4. The Morgan fingerprint density at radius 2 is 0.592 bits per heavy atom. The molecular formula is C44H42O4S. The van der Waals surface area contributed by atoms with Crippen molar-refractivity contribution < 1.29 is 17.9 Å². The van der Waals surface area contributed by atoms with E-state index in [1.807, 2.05) is 24.3 Å². The van der Waals surface area contributed by atoms with E-state index < -0.39 is 9.84 Å². The van der Waals surface area contributed by atoms with Gasteiger partial charge < -0.3 is 9.47 Å². The summed E-state index contributed by atoms with van der Waals surface area (Å²) in [4.78, 5) is 0.381. The normalized spacial score (nSPS) is 12.0. The van der Waals surface area contributed by atoms with Gasteiger partial charge in [-0.2, -0.15) is 0 Å². The van der Waals surface area contributed by atoms with Crippen molar-refractivity contribution in [1.29, 1.82) is 0 Å².